The van der Waals surface area contributed by atoms with Gasteiger partial charge in [-0.25, -0.2) is 8.42 Å². The largest absolute Gasteiger partial charge is 0.320 e. The van der Waals surface area contributed by atoms with E-state index in [1.165, 1.54) is 0 Å². The third-order valence-electron chi connectivity index (χ3n) is 4.73. The van der Waals surface area contributed by atoms with E-state index in [4.69, 9.17) is 0 Å². The van der Waals surface area contributed by atoms with E-state index in [2.05, 4.69) is 24.0 Å². The number of hydrogen-bond donors (Lipinski definition) is 0. The Bertz CT molecular complexity index is 806. The highest BCUT2D eigenvalue weighted by molar-refractivity contribution is 7.89. The summed E-state index contributed by atoms with van der Waals surface area (Å²) in [6.45, 7) is 5.17. The molecular formula is C17H24N4O2S. The summed E-state index contributed by atoms with van der Waals surface area (Å²) in [6.07, 6.45) is 3.24. The van der Waals surface area contributed by atoms with Crippen LogP contribution in [0.4, 0.5) is 0 Å². The Morgan fingerprint density at radius 2 is 1.92 bits per heavy atom. The van der Waals surface area contributed by atoms with Gasteiger partial charge in [0, 0.05) is 26.1 Å². The Hall–Kier alpha value is -1.73. The number of hydrogen-bond acceptors (Lipinski definition) is 4. The predicted octanol–water partition coefficient (Wildman–Crippen LogP) is 2.51. The zero-order valence-electron chi connectivity index (χ0n) is 14.4. The Kier molecular flexibility index (Phi) is 4.73. The third-order valence-corrected chi connectivity index (χ3v) is 6.62. The molecule has 1 fully saturated rings. The van der Waals surface area contributed by atoms with Gasteiger partial charge in [-0.05, 0) is 36.5 Å². The Balaban J connectivity index is 1.75. The first kappa shape index (κ1) is 17.1. The number of nitrogens with zero attached hydrogens (tertiary/aromatic N) is 4. The summed E-state index contributed by atoms with van der Waals surface area (Å²) < 4.78 is 29.3. The average molecular weight is 348 g/mol. The standard InChI is InChI=1S/C17H24N4O2S/c1-13(2)15-5-4-6-16(11-15)24(22,23)21-9-7-14(8-10-21)17-19-18-12-20(17)3/h4-6,11-14H,7-10H2,1-3H3. The van der Waals surface area contributed by atoms with Crippen molar-refractivity contribution in [2.45, 2.75) is 43.4 Å². The Morgan fingerprint density at radius 1 is 1.21 bits per heavy atom. The first-order chi connectivity index (χ1) is 11.4. The molecule has 1 aromatic carbocycles. The maximum Gasteiger partial charge on any atom is 0.243 e. The minimum atomic E-state index is -3.43. The molecule has 1 aliphatic rings. The lowest BCUT2D eigenvalue weighted by Crippen LogP contribution is -2.38. The number of piperidine rings is 1. The van der Waals surface area contributed by atoms with Gasteiger partial charge in [0.05, 0.1) is 4.90 Å². The molecule has 0 aliphatic carbocycles. The summed E-state index contributed by atoms with van der Waals surface area (Å²) in [5.41, 5.74) is 1.05. The van der Waals surface area contributed by atoms with Crippen molar-refractivity contribution in [3.05, 3.63) is 42.0 Å². The normalized spacial score (nSPS) is 17.5. The van der Waals surface area contributed by atoms with Crippen molar-refractivity contribution >= 4 is 10.0 Å². The summed E-state index contributed by atoms with van der Waals surface area (Å²) in [4.78, 5) is 0.394. The zero-order valence-corrected chi connectivity index (χ0v) is 15.2. The van der Waals surface area contributed by atoms with E-state index in [1.54, 1.807) is 22.8 Å². The van der Waals surface area contributed by atoms with Gasteiger partial charge in [-0.3, -0.25) is 0 Å². The average Bonchev–Trinajstić information content (AvgIpc) is 3.01. The fourth-order valence-corrected chi connectivity index (χ4v) is 4.72. The summed E-state index contributed by atoms with van der Waals surface area (Å²) in [7, 11) is -1.50. The van der Waals surface area contributed by atoms with E-state index in [0.29, 0.717) is 23.9 Å². The summed E-state index contributed by atoms with van der Waals surface area (Å²) in [5.74, 6) is 1.52. The molecule has 0 saturated carbocycles. The molecule has 2 aromatic rings. The smallest absolute Gasteiger partial charge is 0.243 e. The van der Waals surface area contributed by atoms with E-state index in [1.807, 2.05) is 23.7 Å². The molecule has 0 unspecified atom stereocenters. The van der Waals surface area contributed by atoms with Gasteiger partial charge in [-0.15, -0.1) is 10.2 Å². The lowest BCUT2D eigenvalue weighted by molar-refractivity contribution is 0.310. The van der Waals surface area contributed by atoms with Gasteiger partial charge in [-0.2, -0.15) is 4.31 Å². The van der Waals surface area contributed by atoms with Crippen molar-refractivity contribution in [2.75, 3.05) is 13.1 Å². The topological polar surface area (TPSA) is 68.1 Å². The van der Waals surface area contributed by atoms with Crippen LogP contribution in [0.2, 0.25) is 0 Å². The molecule has 0 amide bonds. The second kappa shape index (κ2) is 6.64. The Labute approximate surface area is 143 Å². The van der Waals surface area contributed by atoms with Crippen molar-refractivity contribution in [3.8, 4) is 0 Å². The zero-order chi connectivity index (χ0) is 17.3. The molecule has 2 heterocycles. The molecule has 130 valence electrons. The fourth-order valence-electron chi connectivity index (χ4n) is 3.20. The number of rotatable bonds is 4. The van der Waals surface area contributed by atoms with Crippen LogP contribution in [0.1, 0.15) is 49.9 Å². The van der Waals surface area contributed by atoms with Crippen molar-refractivity contribution < 1.29 is 8.42 Å². The van der Waals surface area contributed by atoms with Gasteiger partial charge >= 0.3 is 0 Å². The van der Waals surface area contributed by atoms with E-state index in [0.717, 1.165) is 24.2 Å². The molecule has 0 spiro atoms. The van der Waals surface area contributed by atoms with Crippen LogP contribution in [0.3, 0.4) is 0 Å². The monoisotopic (exact) mass is 348 g/mol. The van der Waals surface area contributed by atoms with Crippen molar-refractivity contribution in [3.63, 3.8) is 0 Å². The van der Waals surface area contributed by atoms with Crippen LogP contribution in [-0.2, 0) is 17.1 Å². The van der Waals surface area contributed by atoms with Crippen LogP contribution in [0.15, 0.2) is 35.5 Å². The third kappa shape index (κ3) is 3.23. The van der Waals surface area contributed by atoms with Gasteiger partial charge in [0.1, 0.15) is 12.2 Å². The molecule has 7 heteroatoms. The van der Waals surface area contributed by atoms with Crippen LogP contribution in [-0.4, -0.2) is 40.6 Å². The van der Waals surface area contributed by atoms with Crippen LogP contribution in [0.25, 0.3) is 0 Å². The van der Waals surface area contributed by atoms with Crippen molar-refractivity contribution in [2.24, 2.45) is 7.05 Å². The molecular weight excluding hydrogens is 324 g/mol. The lowest BCUT2D eigenvalue weighted by atomic mass is 9.97. The molecule has 0 bridgehead atoms. The summed E-state index contributed by atoms with van der Waals surface area (Å²) in [5, 5.41) is 8.08. The number of benzene rings is 1. The van der Waals surface area contributed by atoms with Crippen LogP contribution < -0.4 is 0 Å². The van der Waals surface area contributed by atoms with Crippen LogP contribution >= 0.6 is 0 Å². The molecule has 0 atom stereocenters. The lowest BCUT2D eigenvalue weighted by Gasteiger charge is -2.30. The molecule has 1 aromatic heterocycles. The van der Waals surface area contributed by atoms with Crippen molar-refractivity contribution in [1.82, 2.24) is 19.1 Å². The Morgan fingerprint density at radius 3 is 2.50 bits per heavy atom. The maximum absolute atomic E-state index is 12.9. The number of aryl methyl sites for hydroxylation is 1. The quantitative estimate of drug-likeness (QED) is 0.851. The van der Waals surface area contributed by atoms with Gasteiger partial charge < -0.3 is 4.57 Å². The maximum atomic E-state index is 12.9. The van der Waals surface area contributed by atoms with E-state index >= 15 is 0 Å². The highest BCUT2D eigenvalue weighted by Crippen LogP contribution is 2.30. The first-order valence-electron chi connectivity index (χ1n) is 8.33. The van der Waals surface area contributed by atoms with Crippen molar-refractivity contribution in [1.29, 1.82) is 0 Å². The molecule has 0 radical (unpaired) electrons. The minimum Gasteiger partial charge on any atom is -0.320 e. The minimum absolute atomic E-state index is 0.269. The first-order valence-corrected chi connectivity index (χ1v) is 9.77. The highest BCUT2D eigenvalue weighted by atomic mass is 32.2. The van der Waals surface area contributed by atoms with Crippen LogP contribution in [0.5, 0.6) is 0 Å². The molecule has 6 nitrogen and oxygen atoms in total. The van der Waals surface area contributed by atoms with Gasteiger partial charge in [-0.1, -0.05) is 26.0 Å². The van der Waals surface area contributed by atoms with Crippen LogP contribution in [0, 0.1) is 0 Å². The molecule has 0 N–H and O–H groups in total. The van der Waals surface area contributed by atoms with Gasteiger partial charge in [0.25, 0.3) is 0 Å². The number of sulfonamides is 1. The molecule has 24 heavy (non-hydrogen) atoms. The van der Waals surface area contributed by atoms with E-state index in [-0.39, 0.29) is 5.92 Å². The SMILES string of the molecule is CC(C)c1cccc(S(=O)(=O)N2CCC(c3nncn3C)CC2)c1. The predicted molar refractivity (Wildman–Crippen MR) is 92.3 cm³/mol. The van der Waals surface area contributed by atoms with Gasteiger partial charge in [0.2, 0.25) is 10.0 Å². The molecule has 1 saturated heterocycles. The molecule has 1 aliphatic heterocycles. The highest BCUT2D eigenvalue weighted by Gasteiger charge is 2.31. The summed E-state index contributed by atoms with van der Waals surface area (Å²) >= 11 is 0. The fraction of sp³-hybridized carbons (Fsp3) is 0.529. The molecule has 3 rings (SSSR count). The van der Waals surface area contributed by atoms with E-state index in [9.17, 15) is 8.42 Å². The van der Waals surface area contributed by atoms with Gasteiger partial charge in [0.15, 0.2) is 0 Å². The van der Waals surface area contributed by atoms with E-state index < -0.39 is 10.0 Å². The second-order valence-electron chi connectivity index (χ2n) is 6.71. The number of aromatic nitrogens is 3. The second-order valence-corrected chi connectivity index (χ2v) is 8.64. The summed E-state index contributed by atoms with van der Waals surface area (Å²) in [6, 6.07) is 7.29.